The normalized spacial score (nSPS) is 18.6. The number of aliphatic hydroxyl groups excluding tert-OH is 1. The van der Waals surface area contributed by atoms with Crippen LogP contribution < -0.4 is 0 Å². The summed E-state index contributed by atoms with van der Waals surface area (Å²) in [6, 6.07) is 0. The van der Waals surface area contributed by atoms with Gasteiger partial charge in [-0.25, -0.2) is 9.18 Å². The van der Waals surface area contributed by atoms with Gasteiger partial charge >= 0.3 is 5.97 Å². The Kier molecular flexibility index (Phi) is 3.45. The summed E-state index contributed by atoms with van der Waals surface area (Å²) in [5, 5.41) is 8.80. The highest BCUT2D eigenvalue weighted by Gasteiger charge is 2.39. The molecule has 0 aromatic carbocycles. The average molecular weight is 164 g/mol. The first kappa shape index (κ1) is 10.4. The Labute approximate surface area is 65.2 Å². The fourth-order valence-corrected chi connectivity index (χ4v) is 0.443. The number of alkyl halides is 1. The first-order valence-electron chi connectivity index (χ1n) is 3.47. The highest BCUT2D eigenvalue weighted by molar-refractivity contribution is 5.79. The molecule has 2 unspecified atom stereocenters. The molecule has 0 aromatic heterocycles. The minimum atomic E-state index is -2.30. The van der Waals surface area contributed by atoms with E-state index in [9.17, 15) is 9.18 Å². The summed E-state index contributed by atoms with van der Waals surface area (Å²) in [4.78, 5) is 10.7. The van der Waals surface area contributed by atoms with E-state index in [0.29, 0.717) is 0 Å². The molecule has 0 fully saturated rings. The molecule has 0 aromatic rings. The molecule has 0 saturated heterocycles. The minimum absolute atomic E-state index is 0.116. The zero-order valence-corrected chi connectivity index (χ0v) is 6.93. The highest BCUT2D eigenvalue weighted by Crippen LogP contribution is 2.17. The average Bonchev–Trinajstić information content (AvgIpc) is 1.88. The van der Waals surface area contributed by atoms with Crippen molar-refractivity contribution in [2.24, 2.45) is 0 Å². The molecule has 0 spiro atoms. The van der Waals surface area contributed by atoms with Crippen molar-refractivity contribution in [2.45, 2.75) is 32.5 Å². The number of hydrogen-bond acceptors (Lipinski definition) is 3. The van der Waals surface area contributed by atoms with Crippen LogP contribution in [0.2, 0.25) is 0 Å². The van der Waals surface area contributed by atoms with Crippen LogP contribution in [-0.4, -0.2) is 29.5 Å². The van der Waals surface area contributed by atoms with Crippen molar-refractivity contribution < 1.29 is 19.0 Å². The van der Waals surface area contributed by atoms with E-state index in [4.69, 9.17) is 5.11 Å². The van der Waals surface area contributed by atoms with Gasteiger partial charge in [-0.15, -0.1) is 0 Å². The molecule has 0 bridgehead atoms. The largest absolute Gasteiger partial charge is 0.464 e. The van der Waals surface area contributed by atoms with Crippen molar-refractivity contribution in [1.29, 1.82) is 0 Å². The monoisotopic (exact) mass is 164 g/mol. The van der Waals surface area contributed by atoms with Crippen LogP contribution in [0.3, 0.4) is 0 Å². The van der Waals surface area contributed by atoms with Crippen LogP contribution in [0.25, 0.3) is 0 Å². The smallest absolute Gasteiger partial charge is 0.346 e. The van der Waals surface area contributed by atoms with Gasteiger partial charge in [0.2, 0.25) is 5.67 Å². The molecule has 11 heavy (non-hydrogen) atoms. The van der Waals surface area contributed by atoms with Crippen molar-refractivity contribution in [3.05, 3.63) is 0 Å². The molecule has 0 radical (unpaired) electrons. The van der Waals surface area contributed by atoms with Gasteiger partial charge in [0.25, 0.3) is 0 Å². The number of esters is 1. The third-order valence-corrected chi connectivity index (χ3v) is 1.46. The topological polar surface area (TPSA) is 46.5 Å². The second-order valence-electron chi connectivity index (χ2n) is 2.47. The molecule has 66 valence electrons. The molecule has 1 N–H and O–H groups in total. The van der Waals surface area contributed by atoms with Gasteiger partial charge in [-0.1, -0.05) is 0 Å². The number of halogens is 1. The Morgan fingerprint density at radius 3 is 2.55 bits per heavy atom. The lowest BCUT2D eigenvalue weighted by molar-refractivity contribution is -0.163. The maximum atomic E-state index is 13.1. The van der Waals surface area contributed by atoms with Gasteiger partial charge in [-0.2, -0.15) is 0 Å². The number of ether oxygens (including phenoxy) is 1. The molecule has 2 atom stereocenters. The quantitative estimate of drug-likeness (QED) is 0.623. The van der Waals surface area contributed by atoms with Crippen LogP contribution in [0, 0.1) is 0 Å². The number of carbonyl (C=O) groups is 1. The highest BCUT2D eigenvalue weighted by atomic mass is 19.1. The van der Waals surface area contributed by atoms with E-state index in [2.05, 4.69) is 4.74 Å². The summed E-state index contributed by atoms with van der Waals surface area (Å²) >= 11 is 0. The summed E-state index contributed by atoms with van der Waals surface area (Å²) in [5.41, 5.74) is -2.30. The van der Waals surface area contributed by atoms with Gasteiger partial charge < -0.3 is 9.84 Å². The van der Waals surface area contributed by atoms with E-state index >= 15 is 0 Å². The van der Waals surface area contributed by atoms with E-state index in [1.54, 1.807) is 6.92 Å². The molecule has 0 saturated carbocycles. The van der Waals surface area contributed by atoms with Crippen LogP contribution in [0.15, 0.2) is 0 Å². The van der Waals surface area contributed by atoms with Crippen molar-refractivity contribution in [1.82, 2.24) is 0 Å². The van der Waals surface area contributed by atoms with Gasteiger partial charge in [0.05, 0.1) is 12.7 Å². The Hall–Kier alpha value is -0.640. The fraction of sp³-hybridized carbons (Fsp3) is 0.857. The SMILES string of the molecule is CCOC(=O)C(C)(F)C(C)O. The fourth-order valence-electron chi connectivity index (χ4n) is 0.443. The number of aliphatic hydroxyl groups is 1. The lowest BCUT2D eigenvalue weighted by Gasteiger charge is -2.20. The van der Waals surface area contributed by atoms with E-state index in [1.807, 2.05) is 0 Å². The predicted molar refractivity (Wildman–Crippen MR) is 37.8 cm³/mol. The van der Waals surface area contributed by atoms with Crippen LogP contribution in [0.1, 0.15) is 20.8 Å². The lowest BCUT2D eigenvalue weighted by atomic mass is 10.0. The Balaban J connectivity index is 4.18. The Morgan fingerprint density at radius 1 is 1.82 bits per heavy atom. The van der Waals surface area contributed by atoms with Crippen LogP contribution >= 0.6 is 0 Å². The van der Waals surface area contributed by atoms with Crippen LogP contribution in [-0.2, 0) is 9.53 Å². The molecule has 4 heteroatoms. The Morgan fingerprint density at radius 2 is 2.27 bits per heavy atom. The van der Waals surface area contributed by atoms with Crippen LogP contribution in [0.4, 0.5) is 4.39 Å². The van der Waals surface area contributed by atoms with E-state index in [-0.39, 0.29) is 6.61 Å². The third-order valence-electron chi connectivity index (χ3n) is 1.46. The summed E-state index contributed by atoms with van der Waals surface area (Å²) < 4.78 is 17.5. The second-order valence-corrected chi connectivity index (χ2v) is 2.47. The molecule has 0 amide bonds. The van der Waals surface area contributed by atoms with Crippen molar-refractivity contribution >= 4 is 5.97 Å². The standard InChI is InChI=1S/C7H13FO3/c1-4-11-6(10)7(3,8)5(2)9/h5,9H,4H2,1-3H3. The number of rotatable bonds is 3. The van der Waals surface area contributed by atoms with Crippen molar-refractivity contribution in [2.75, 3.05) is 6.61 Å². The lowest BCUT2D eigenvalue weighted by Crippen LogP contribution is -2.42. The summed E-state index contributed by atoms with van der Waals surface area (Å²) in [7, 11) is 0. The van der Waals surface area contributed by atoms with E-state index < -0.39 is 17.7 Å². The zero-order chi connectivity index (χ0) is 9.07. The predicted octanol–water partition coefficient (Wildman–Crippen LogP) is 0.658. The van der Waals surface area contributed by atoms with Gasteiger partial charge in [0.1, 0.15) is 0 Å². The first-order valence-corrected chi connectivity index (χ1v) is 3.47. The van der Waals surface area contributed by atoms with Gasteiger partial charge in [0, 0.05) is 0 Å². The first-order chi connectivity index (χ1) is 4.92. The minimum Gasteiger partial charge on any atom is -0.464 e. The summed E-state index contributed by atoms with van der Waals surface area (Å²) in [5.74, 6) is -1.02. The van der Waals surface area contributed by atoms with E-state index in [0.717, 1.165) is 6.92 Å². The van der Waals surface area contributed by atoms with Crippen molar-refractivity contribution in [3.63, 3.8) is 0 Å². The number of hydrogen-bond donors (Lipinski definition) is 1. The van der Waals surface area contributed by atoms with Crippen molar-refractivity contribution in [3.8, 4) is 0 Å². The maximum Gasteiger partial charge on any atom is 0.346 e. The second kappa shape index (κ2) is 3.67. The molecular weight excluding hydrogens is 151 g/mol. The molecule has 3 nitrogen and oxygen atoms in total. The van der Waals surface area contributed by atoms with Gasteiger partial charge in [0.15, 0.2) is 0 Å². The maximum absolute atomic E-state index is 13.1. The van der Waals surface area contributed by atoms with Crippen LogP contribution in [0.5, 0.6) is 0 Å². The molecule has 0 aliphatic heterocycles. The summed E-state index contributed by atoms with van der Waals surface area (Å²) in [6.07, 6.45) is -1.35. The summed E-state index contributed by atoms with van der Waals surface area (Å²) in [6.45, 7) is 3.90. The molecule has 0 aliphatic rings. The van der Waals surface area contributed by atoms with Gasteiger partial charge in [-0.3, -0.25) is 0 Å². The molecule has 0 rings (SSSR count). The molecule has 0 heterocycles. The molecule has 0 aliphatic carbocycles. The third kappa shape index (κ3) is 2.46. The Bertz CT molecular complexity index is 143. The molecular formula is C7H13FO3. The van der Waals surface area contributed by atoms with Gasteiger partial charge in [-0.05, 0) is 20.8 Å². The number of carbonyl (C=O) groups excluding carboxylic acids is 1. The van der Waals surface area contributed by atoms with E-state index in [1.165, 1.54) is 6.92 Å². The zero-order valence-electron chi connectivity index (χ0n) is 6.93.